The highest BCUT2D eigenvalue weighted by Gasteiger charge is 2.42. The van der Waals surface area contributed by atoms with Gasteiger partial charge in [0.05, 0.1) is 6.61 Å². The molecule has 2 amide bonds. The summed E-state index contributed by atoms with van der Waals surface area (Å²) in [5.41, 5.74) is 1.06. The van der Waals surface area contributed by atoms with Crippen LogP contribution in [0.4, 0.5) is 0 Å². The van der Waals surface area contributed by atoms with Gasteiger partial charge in [-0.25, -0.2) is 0 Å². The van der Waals surface area contributed by atoms with Gasteiger partial charge in [-0.05, 0) is 56.1 Å². The number of rotatable bonds is 5. The number of carbonyl (C=O) groups is 2. The molecule has 0 bridgehead atoms. The Morgan fingerprint density at radius 2 is 1.80 bits per heavy atom. The molecule has 3 rings (SSSR count). The van der Waals surface area contributed by atoms with E-state index < -0.39 is 0 Å². The minimum Gasteiger partial charge on any atom is -0.493 e. The summed E-state index contributed by atoms with van der Waals surface area (Å²) in [7, 11) is 0. The SMILES string of the molecule is CCCC#CC(=O)N1CCC2(CCN(C(=O)/C=C/c3ccccc3OCC)CC2)C1. The lowest BCUT2D eigenvalue weighted by Gasteiger charge is -2.38. The number of likely N-dealkylation sites (tertiary alicyclic amines) is 2. The Labute approximate surface area is 180 Å². The van der Waals surface area contributed by atoms with Crippen molar-refractivity contribution in [2.45, 2.75) is 46.0 Å². The predicted molar refractivity (Wildman–Crippen MR) is 119 cm³/mol. The van der Waals surface area contributed by atoms with Crippen LogP contribution in [0.25, 0.3) is 6.08 Å². The lowest BCUT2D eigenvalue weighted by molar-refractivity contribution is -0.129. The van der Waals surface area contributed by atoms with Crippen LogP contribution in [0.3, 0.4) is 0 Å². The van der Waals surface area contributed by atoms with E-state index in [9.17, 15) is 9.59 Å². The normalized spacial score (nSPS) is 17.8. The molecule has 0 radical (unpaired) electrons. The zero-order valence-electron chi connectivity index (χ0n) is 18.2. The van der Waals surface area contributed by atoms with Crippen LogP contribution in [-0.4, -0.2) is 54.4 Å². The van der Waals surface area contributed by atoms with Crippen LogP contribution in [-0.2, 0) is 9.59 Å². The van der Waals surface area contributed by atoms with Gasteiger partial charge in [0.1, 0.15) is 5.75 Å². The second kappa shape index (κ2) is 10.3. The first-order valence-corrected chi connectivity index (χ1v) is 11.0. The van der Waals surface area contributed by atoms with Crippen LogP contribution in [0, 0.1) is 17.3 Å². The summed E-state index contributed by atoms with van der Waals surface area (Å²) in [5, 5.41) is 0. The molecule has 2 saturated heterocycles. The van der Waals surface area contributed by atoms with E-state index in [1.54, 1.807) is 6.08 Å². The molecule has 2 heterocycles. The maximum Gasteiger partial charge on any atom is 0.298 e. The van der Waals surface area contributed by atoms with Gasteiger partial charge in [-0.3, -0.25) is 9.59 Å². The average molecular weight is 409 g/mol. The number of para-hydroxylation sites is 1. The number of hydrogen-bond donors (Lipinski definition) is 0. The van der Waals surface area contributed by atoms with Crippen molar-refractivity contribution >= 4 is 17.9 Å². The minimum atomic E-state index is -0.0465. The Morgan fingerprint density at radius 1 is 1.10 bits per heavy atom. The fourth-order valence-electron chi connectivity index (χ4n) is 4.23. The van der Waals surface area contributed by atoms with E-state index in [2.05, 4.69) is 18.8 Å². The maximum absolute atomic E-state index is 12.7. The van der Waals surface area contributed by atoms with Crippen molar-refractivity contribution in [3.05, 3.63) is 35.9 Å². The summed E-state index contributed by atoms with van der Waals surface area (Å²) in [6, 6.07) is 7.74. The third-order valence-electron chi connectivity index (χ3n) is 6.06. The zero-order chi connectivity index (χ0) is 21.4. The van der Waals surface area contributed by atoms with E-state index in [4.69, 9.17) is 4.74 Å². The molecular weight excluding hydrogens is 376 g/mol. The quantitative estimate of drug-likeness (QED) is 0.551. The Bertz CT molecular complexity index is 841. The minimum absolute atomic E-state index is 0.0347. The topological polar surface area (TPSA) is 49.9 Å². The summed E-state index contributed by atoms with van der Waals surface area (Å²) in [6.45, 7) is 7.63. The highest BCUT2D eigenvalue weighted by atomic mass is 16.5. The van der Waals surface area contributed by atoms with Gasteiger partial charge in [0.25, 0.3) is 5.91 Å². The van der Waals surface area contributed by atoms with Gasteiger partial charge in [0, 0.05) is 44.2 Å². The number of hydrogen-bond acceptors (Lipinski definition) is 3. The number of nitrogens with zero attached hydrogens (tertiary/aromatic N) is 2. The molecule has 1 aromatic rings. The molecule has 30 heavy (non-hydrogen) atoms. The van der Waals surface area contributed by atoms with E-state index in [0.29, 0.717) is 6.61 Å². The number of carbonyl (C=O) groups excluding carboxylic acids is 2. The number of benzene rings is 1. The molecular formula is C25H32N2O3. The molecule has 2 aliphatic heterocycles. The summed E-state index contributed by atoms with van der Waals surface area (Å²) < 4.78 is 5.62. The summed E-state index contributed by atoms with van der Waals surface area (Å²) in [5.74, 6) is 6.51. The molecule has 1 aromatic carbocycles. The average Bonchev–Trinajstić information content (AvgIpc) is 3.17. The number of piperidine rings is 1. The molecule has 1 spiro atoms. The van der Waals surface area contributed by atoms with E-state index in [1.807, 2.05) is 47.1 Å². The fourth-order valence-corrected chi connectivity index (χ4v) is 4.23. The van der Waals surface area contributed by atoms with Gasteiger partial charge >= 0.3 is 0 Å². The number of unbranched alkanes of at least 4 members (excludes halogenated alkanes) is 1. The molecule has 2 fully saturated rings. The van der Waals surface area contributed by atoms with Crippen molar-refractivity contribution in [2.24, 2.45) is 5.41 Å². The van der Waals surface area contributed by atoms with Crippen LogP contribution in [0.5, 0.6) is 5.75 Å². The Balaban J connectivity index is 1.53. The van der Waals surface area contributed by atoms with Gasteiger partial charge in [-0.15, -0.1) is 0 Å². The highest BCUT2D eigenvalue weighted by Crippen LogP contribution is 2.40. The van der Waals surface area contributed by atoms with Crippen LogP contribution < -0.4 is 4.74 Å². The van der Waals surface area contributed by atoms with Crippen molar-refractivity contribution in [1.82, 2.24) is 9.80 Å². The maximum atomic E-state index is 12.7. The van der Waals surface area contributed by atoms with Gasteiger partial charge in [-0.1, -0.05) is 31.0 Å². The monoisotopic (exact) mass is 408 g/mol. The molecule has 0 N–H and O–H groups in total. The fraction of sp³-hybridized carbons (Fsp3) is 0.520. The molecule has 0 aromatic heterocycles. The summed E-state index contributed by atoms with van der Waals surface area (Å²) in [6.07, 6.45) is 8.10. The van der Waals surface area contributed by atoms with E-state index in [-0.39, 0.29) is 17.2 Å². The zero-order valence-corrected chi connectivity index (χ0v) is 18.2. The molecule has 5 heteroatoms. The molecule has 0 aliphatic carbocycles. The first-order chi connectivity index (χ1) is 14.6. The Kier molecular flexibility index (Phi) is 7.57. The van der Waals surface area contributed by atoms with Gasteiger partial charge in [0.2, 0.25) is 5.91 Å². The van der Waals surface area contributed by atoms with Crippen LogP contribution >= 0.6 is 0 Å². The van der Waals surface area contributed by atoms with Crippen molar-refractivity contribution in [3.8, 4) is 17.6 Å². The molecule has 160 valence electrons. The van der Waals surface area contributed by atoms with Crippen LogP contribution in [0.2, 0.25) is 0 Å². The molecule has 0 atom stereocenters. The summed E-state index contributed by atoms with van der Waals surface area (Å²) >= 11 is 0. The van der Waals surface area contributed by atoms with Gasteiger partial charge in [0.15, 0.2) is 0 Å². The van der Waals surface area contributed by atoms with Gasteiger partial charge in [-0.2, -0.15) is 0 Å². The molecule has 0 saturated carbocycles. The standard InChI is InChI=1S/C25H32N2O3/c1-3-5-6-11-23(28)27-19-16-25(20-27)14-17-26(18-15-25)24(29)13-12-21-9-7-8-10-22(21)30-4-2/h7-10,12-13H,3-5,14-20H2,1-2H3/b13-12+. The first kappa shape index (κ1) is 22.0. The van der Waals surface area contributed by atoms with Crippen molar-refractivity contribution in [2.75, 3.05) is 32.8 Å². The van der Waals surface area contributed by atoms with E-state index in [1.165, 1.54) is 0 Å². The summed E-state index contributed by atoms with van der Waals surface area (Å²) in [4.78, 5) is 28.8. The molecule has 0 unspecified atom stereocenters. The van der Waals surface area contributed by atoms with Crippen LogP contribution in [0.15, 0.2) is 30.3 Å². The Morgan fingerprint density at radius 3 is 2.50 bits per heavy atom. The first-order valence-electron chi connectivity index (χ1n) is 11.0. The molecule has 2 aliphatic rings. The van der Waals surface area contributed by atoms with Crippen molar-refractivity contribution in [1.29, 1.82) is 0 Å². The number of amides is 2. The second-order valence-corrected chi connectivity index (χ2v) is 8.16. The van der Waals surface area contributed by atoms with Crippen molar-refractivity contribution < 1.29 is 14.3 Å². The predicted octanol–water partition coefficient (Wildman–Crippen LogP) is 3.74. The van der Waals surface area contributed by atoms with Crippen molar-refractivity contribution in [3.63, 3.8) is 0 Å². The van der Waals surface area contributed by atoms with Crippen LogP contribution in [0.1, 0.15) is 51.5 Å². The highest BCUT2D eigenvalue weighted by molar-refractivity contribution is 5.94. The largest absolute Gasteiger partial charge is 0.493 e. The Hall–Kier alpha value is -2.74. The van der Waals surface area contributed by atoms with E-state index in [0.717, 1.165) is 69.6 Å². The molecule has 5 nitrogen and oxygen atoms in total. The lowest BCUT2D eigenvalue weighted by atomic mass is 9.78. The van der Waals surface area contributed by atoms with Gasteiger partial charge < -0.3 is 14.5 Å². The number of ether oxygens (including phenoxy) is 1. The third kappa shape index (κ3) is 5.44. The lowest BCUT2D eigenvalue weighted by Crippen LogP contribution is -2.44. The third-order valence-corrected chi connectivity index (χ3v) is 6.06. The van der Waals surface area contributed by atoms with E-state index >= 15 is 0 Å². The smallest absolute Gasteiger partial charge is 0.298 e. The second-order valence-electron chi connectivity index (χ2n) is 8.16.